The molecule has 5 atom stereocenters. The molecule has 38 heavy (non-hydrogen) atoms. The third-order valence-electron chi connectivity index (χ3n) is 5.89. The Morgan fingerprint density at radius 2 is 1.68 bits per heavy atom. The molecule has 0 saturated carbocycles. The van der Waals surface area contributed by atoms with Crippen LogP contribution in [0, 0.1) is 6.92 Å². The molecule has 3 rings (SSSR count). The number of aromatic nitrogens is 2. The van der Waals surface area contributed by atoms with Crippen LogP contribution in [0.2, 0.25) is 0 Å². The number of hydrogen-bond acceptors (Lipinski definition) is 10. The van der Waals surface area contributed by atoms with E-state index < -0.39 is 42.6 Å². The minimum absolute atomic E-state index is 0.0106. The van der Waals surface area contributed by atoms with E-state index in [0.717, 1.165) is 22.6 Å². The van der Waals surface area contributed by atoms with Gasteiger partial charge in [0.1, 0.15) is 24.1 Å². The summed E-state index contributed by atoms with van der Waals surface area (Å²) in [4.78, 5) is 21.4. The predicted octanol–water partition coefficient (Wildman–Crippen LogP) is 2.41. The minimum Gasteiger partial charge on any atom is -0.491 e. The Balaban J connectivity index is 1.89. The first-order valence-electron chi connectivity index (χ1n) is 12.7. The van der Waals surface area contributed by atoms with Gasteiger partial charge >= 0.3 is 0 Å². The van der Waals surface area contributed by atoms with Crippen LogP contribution in [-0.2, 0) is 25.7 Å². The lowest BCUT2D eigenvalue weighted by atomic mass is 9.98. The van der Waals surface area contributed by atoms with Crippen molar-refractivity contribution >= 4 is 5.94 Å². The van der Waals surface area contributed by atoms with Crippen molar-refractivity contribution in [2.75, 3.05) is 0 Å². The van der Waals surface area contributed by atoms with Gasteiger partial charge in [-0.25, -0.2) is 4.79 Å². The molecule has 210 valence electrons. The first-order valence-corrected chi connectivity index (χ1v) is 12.7. The van der Waals surface area contributed by atoms with Crippen LogP contribution in [0.15, 0.2) is 30.0 Å². The molecule has 1 aromatic heterocycles. The number of nitrogens with zero attached hydrogens (tertiary/aromatic N) is 2. The number of hydrogen-bond donors (Lipinski definition) is 3. The Kier molecular flexibility index (Phi) is 9.94. The lowest BCUT2D eigenvalue weighted by Crippen LogP contribution is -2.59. The molecule has 1 aliphatic heterocycles. The van der Waals surface area contributed by atoms with Gasteiger partial charge in [0.2, 0.25) is 12.2 Å². The Morgan fingerprint density at radius 1 is 1.03 bits per heavy atom. The maximum atomic E-state index is 11.5. The van der Waals surface area contributed by atoms with E-state index in [1.54, 1.807) is 18.5 Å². The molecule has 1 fully saturated rings. The van der Waals surface area contributed by atoms with E-state index in [4.69, 9.17) is 24.0 Å². The molecule has 0 bridgehead atoms. The number of aliphatic hydroxyl groups is 3. The summed E-state index contributed by atoms with van der Waals surface area (Å²) in [6, 6.07) is 7.69. The van der Waals surface area contributed by atoms with Gasteiger partial charge in [0, 0.05) is 23.7 Å². The lowest BCUT2D eigenvalue weighted by molar-refractivity contribution is -0.321. The smallest absolute Gasteiger partial charge is 0.256 e. The van der Waals surface area contributed by atoms with Crippen LogP contribution in [0.1, 0.15) is 64.4 Å². The van der Waals surface area contributed by atoms with Crippen molar-refractivity contribution in [1.29, 1.82) is 0 Å². The average Bonchev–Trinajstić information content (AvgIpc) is 3.16. The average molecular weight is 535 g/mol. The summed E-state index contributed by atoms with van der Waals surface area (Å²) in [5.41, 5.74) is 2.57. The number of ether oxygens (including phenoxy) is 3. The van der Waals surface area contributed by atoms with Crippen LogP contribution in [0.4, 0.5) is 0 Å². The van der Waals surface area contributed by atoms with Crippen LogP contribution >= 0.6 is 0 Å². The molecule has 1 saturated heterocycles. The largest absolute Gasteiger partial charge is 0.491 e. The summed E-state index contributed by atoms with van der Waals surface area (Å²) in [5.74, 6) is 1.93. The van der Waals surface area contributed by atoms with E-state index in [1.807, 2.05) is 58.9 Å². The van der Waals surface area contributed by atoms with E-state index in [9.17, 15) is 20.1 Å². The Bertz CT molecular complexity index is 1110. The van der Waals surface area contributed by atoms with Gasteiger partial charge in [0.05, 0.1) is 12.2 Å². The van der Waals surface area contributed by atoms with Gasteiger partial charge in [0.15, 0.2) is 12.0 Å². The second kappa shape index (κ2) is 12.8. The highest BCUT2D eigenvalue weighted by atomic mass is 17.2. The summed E-state index contributed by atoms with van der Waals surface area (Å²) in [6.45, 7) is 13.1. The fourth-order valence-electron chi connectivity index (χ4n) is 4.03. The van der Waals surface area contributed by atoms with Gasteiger partial charge in [0.25, 0.3) is 5.76 Å². The maximum absolute atomic E-state index is 11.5. The monoisotopic (exact) mass is 534 g/mol. The first kappa shape index (κ1) is 29.6. The number of carbonyl (C=O) groups excluding carboxylic acids is 1. The van der Waals surface area contributed by atoms with E-state index in [0.29, 0.717) is 6.42 Å². The molecule has 2 aromatic rings. The first-order chi connectivity index (χ1) is 17.9. The standard InChI is InChI=1S/C27H38N2O9/c1-14(2)29-17(7)20(12-18-8-10-19(11-9-18)34-15(3)4)26(28-29)36-27-24(33)22(31)23(32)25(35-27)21(13-30)38-37-16(5)6/h8-11,14-16,22-25,27,31-33H,12H2,1-7H3/t22-,23-,24+,25+,27-/m0/s1. The molecule has 0 aliphatic carbocycles. The summed E-state index contributed by atoms with van der Waals surface area (Å²) < 4.78 is 19.2. The number of benzene rings is 1. The fraction of sp³-hybridized carbons (Fsp3) is 0.593. The topological polar surface area (TPSA) is 142 Å². The molecule has 1 aromatic carbocycles. The third kappa shape index (κ3) is 6.93. The highest BCUT2D eigenvalue weighted by Crippen LogP contribution is 2.32. The molecule has 1 aliphatic rings. The van der Waals surface area contributed by atoms with Crippen LogP contribution < -0.4 is 9.47 Å². The molecule has 0 unspecified atom stereocenters. The summed E-state index contributed by atoms with van der Waals surface area (Å²) in [7, 11) is 0. The van der Waals surface area contributed by atoms with Gasteiger partial charge in [-0.3, -0.25) is 4.68 Å². The van der Waals surface area contributed by atoms with Crippen molar-refractivity contribution in [2.45, 2.75) is 104 Å². The molecular formula is C27H38N2O9. The molecule has 0 amide bonds. The van der Waals surface area contributed by atoms with Gasteiger partial charge in [-0.05, 0) is 66.2 Å². The maximum Gasteiger partial charge on any atom is 0.256 e. The van der Waals surface area contributed by atoms with Crippen molar-refractivity contribution in [2.24, 2.45) is 0 Å². The quantitative estimate of drug-likeness (QED) is 0.170. The van der Waals surface area contributed by atoms with Crippen molar-refractivity contribution in [3.8, 4) is 11.6 Å². The van der Waals surface area contributed by atoms with Crippen LogP contribution in [0.5, 0.6) is 11.6 Å². The molecule has 0 radical (unpaired) electrons. The molecule has 2 heterocycles. The molecule has 11 nitrogen and oxygen atoms in total. The molecule has 0 spiro atoms. The van der Waals surface area contributed by atoms with Crippen LogP contribution in [0.3, 0.4) is 0 Å². The Hall–Kier alpha value is -2.92. The van der Waals surface area contributed by atoms with Crippen molar-refractivity contribution < 1.29 is 44.1 Å². The fourth-order valence-corrected chi connectivity index (χ4v) is 4.03. The van der Waals surface area contributed by atoms with E-state index in [-0.39, 0.29) is 18.0 Å². The molecule has 11 heteroatoms. The zero-order valence-corrected chi connectivity index (χ0v) is 22.8. The van der Waals surface area contributed by atoms with Crippen LogP contribution in [0.25, 0.3) is 0 Å². The summed E-state index contributed by atoms with van der Waals surface area (Å²) in [6.07, 6.45) is -7.93. The SMILES string of the molecule is Cc1c(Cc2ccc(OC(C)C)cc2)c(O[C@@H]2O[C@H](C(=C=O)OOC(C)C)[C@@H](O)[C@H](O)[C@H]2O)nn1C(C)C. The van der Waals surface area contributed by atoms with E-state index in [1.165, 1.54) is 5.94 Å². The molecular weight excluding hydrogens is 496 g/mol. The normalized spacial score (nSPS) is 23.6. The van der Waals surface area contributed by atoms with Gasteiger partial charge in [-0.1, -0.05) is 12.1 Å². The van der Waals surface area contributed by atoms with Crippen molar-refractivity contribution in [3.63, 3.8) is 0 Å². The van der Waals surface area contributed by atoms with E-state index in [2.05, 4.69) is 5.10 Å². The second-order valence-corrected chi connectivity index (χ2v) is 10.1. The zero-order chi connectivity index (χ0) is 28.1. The predicted molar refractivity (Wildman–Crippen MR) is 136 cm³/mol. The second-order valence-electron chi connectivity index (χ2n) is 10.1. The van der Waals surface area contributed by atoms with Gasteiger partial charge in [-0.15, -0.1) is 5.10 Å². The number of rotatable bonds is 11. The molecule has 3 N–H and O–H groups in total. The van der Waals surface area contributed by atoms with E-state index >= 15 is 0 Å². The van der Waals surface area contributed by atoms with Crippen molar-refractivity contribution in [3.05, 3.63) is 46.8 Å². The number of aliphatic hydroxyl groups excluding tert-OH is 3. The summed E-state index contributed by atoms with van der Waals surface area (Å²) >= 11 is 0. The van der Waals surface area contributed by atoms with Gasteiger partial charge < -0.3 is 34.4 Å². The minimum atomic E-state index is -1.71. The Morgan fingerprint density at radius 3 is 2.24 bits per heavy atom. The summed E-state index contributed by atoms with van der Waals surface area (Å²) in [5, 5.41) is 36.2. The lowest BCUT2D eigenvalue weighted by Gasteiger charge is -2.39. The zero-order valence-electron chi connectivity index (χ0n) is 22.8. The van der Waals surface area contributed by atoms with Crippen molar-refractivity contribution in [1.82, 2.24) is 9.78 Å². The van der Waals surface area contributed by atoms with Crippen LogP contribution in [-0.4, -0.2) is 74.0 Å². The Labute approximate surface area is 222 Å². The van der Waals surface area contributed by atoms with Gasteiger partial charge in [-0.2, -0.15) is 4.89 Å². The third-order valence-corrected chi connectivity index (χ3v) is 5.89. The highest BCUT2D eigenvalue weighted by molar-refractivity contribution is 5.51. The highest BCUT2D eigenvalue weighted by Gasteiger charge is 2.48.